The highest BCUT2D eigenvalue weighted by Gasteiger charge is 2.32. The van der Waals surface area contributed by atoms with E-state index in [9.17, 15) is 14.4 Å². The number of halogens is 1. The van der Waals surface area contributed by atoms with Gasteiger partial charge in [0.2, 0.25) is 5.91 Å². The molecule has 0 bridgehead atoms. The number of thioether (sulfide) groups is 1. The highest BCUT2D eigenvalue weighted by atomic mass is 35.5. The van der Waals surface area contributed by atoms with Gasteiger partial charge in [0.05, 0.1) is 16.3 Å². The maximum atomic E-state index is 13.0. The topological polar surface area (TPSA) is 76.3 Å². The summed E-state index contributed by atoms with van der Waals surface area (Å²) in [5, 5.41) is 3.24. The SMILES string of the molecule is Cc1c(NC(=O)CCN2C(=O)/C(=C\c3ccccc3Cl)SC2=S)c(=O)n(-c2ccccc2)n1C. The highest BCUT2D eigenvalue weighted by molar-refractivity contribution is 8.26. The number of nitrogens with zero attached hydrogens (tertiary/aromatic N) is 3. The molecule has 0 radical (unpaired) electrons. The number of thiocarbonyl (C=S) groups is 1. The number of carbonyl (C=O) groups is 2. The van der Waals surface area contributed by atoms with Crippen LogP contribution in [0.15, 0.2) is 64.3 Å². The number of rotatable bonds is 6. The lowest BCUT2D eigenvalue weighted by Crippen LogP contribution is -2.32. The smallest absolute Gasteiger partial charge is 0.295 e. The number of nitrogens with one attached hydrogen (secondary N) is 1. The lowest BCUT2D eigenvalue weighted by molar-refractivity contribution is -0.122. The van der Waals surface area contributed by atoms with Crippen molar-refractivity contribution < 1.29 is 9.59 Å². The third-order valence-electron chi connectivity index (χ3n) is 5.45. The molecule has 0 saturated carbocycles. The van der Waals surface area contributed by atoms with E-state index in [1.807, 2.05) is 48.5 Å². The van der Waals surface area contributed by atoms with Crippen LogP contribution in [-0.4, -0.2) is 36.9 Å². The van der Waals surface area contributed by atoms with Crippen molar-refractivity contribution in [2.24, 2.45) is 7.05 Å². The molecule has 0 atom stereocenters. The van der Waals surface area contributed by atoms with Gasteiger partial charge in [-0.1, -0.05) is 72.0 Å². The van der Waals surface area contributed by atoms with Gasteiger partial charge in [0, 0.05) is 25.0 Å². The quantitative estimate of drug-likeness (QED) is 0.392. The molecule has 1 aromatic heterocycles. The number of amides is 2. The van der Waals surface area contributed by atoms with Crippen molar-refractivity contribution in [2.75, 3.05) is 11.9 Å². The summed E-state index contributed by atoms with van der Waals surface area (Å²) < 4.78 is 3.56. The van der Waals surface area contributed by atoms with Crippen molar-refractivity contribution in [2.45, 2.75) is 13.3 Å². The van der Waals surface area contributed by atoms with Gasteiger partial charge < -0.3 is 5.32 Å². The highest BCUT2D eigenvalue weighted by Crippen LogP contribution is 2.33. The van der Waals surface area contributed by atoms with Crippen LogP contribution >= 0.6 is 35.6 Å². The molecule has 1 fully saturated rings. The summed E-state index contributed by atoms with van der Waals surface area (Å²) >= 11 is 12.7. The minimum Gasteiger partial charge on any atom is -0.320 e. The van der Waals surface area contributed by atoms with E-state index >= 15 is 0 Å². The molecule has 1 saturated heterocycles. The van der Waals surface area contributed by atoms with Gasteiger partial charge in [-0.25, -0.2) is 4.68 Å². The van der Waals surface area contributed by atoms with Gasteiger partial charge in [-0.05, 0) is 36.8 Å². The van der Waals surface area contributed by atoms with Gasteiger partial charge in [-0.15, -0.1) is 0 Å². The predicted octanol–water partition coefficient (Wildman–Crippen LogP) is 4.37. The molecule has 0 aliphatic carbocycles. The predicted molar refractivity (Wildman–Crippen MR) is 140 cm³/mol. The normalized spacial score (nSPS) is 14.8. The summed E-state index contributed by atoms with van der Waals surface area (Å²) in [4.78, 5) is 40.3. The van der Waals surface area contributed by atoms with Crippen LogP contribution in [0.25, 0.3) is 11.8 Å². The molecule has 2 aromatic carbocycles. The fraction of sp³-hybridized carbons (Fsp3) is 0.167. The van der Waals surface area contributed by atoms with Gasteiger partial charge in [0.15, 0.2) is 0 Å². The van der Waals surface area contributed by atoms with Crippen LogP contribution in [0.1, 0.15) is 17.7 Å². The van der Waals surface area contributed by atoms with Gasteiger partial charge >= 0.3 is 0 Å². The molecule has 34 heavy (non-hydrogen) atoms. The van der Waals surface area contributed by atoms with E-state index in [0.717, 1.165) is 5.56 Å². The van der Waals surface area contributed by atoms with E-state index in [-0.39, 0.29) is 36.0 Å². The second-order valence-corrected chi connectivity index (χ2v) is 9.67. The molecule has 1 aliphatic heterocycles. The molecule has 2 amide bonds. The Kier molecular flexibility index (Phi) is 7.06. The Labute approximate surface area is 211 Å². The molecule has 0 unspecified atom stereocenters. The van der Waals surface area contributed by atoms with E-state index in [1.165, 1.54) is 21.3 Å². The van der Waals surface area contributed by atoms with Crippen molar-refractivity contribution in [3.05, 3.63) is 86.1 Å². The van der Waals surface area contributed by atoms with E-state index in [1.54, 1.807) is 30.8 Å². The Balaban J connectivity index is 1.45. The zero-order valence-electron chi connectivity index (χ0n) is 18.4. The largest absolute Gasteiger partial charge is 0.320 e. The Morgan fingerprint density at radius 3 is 2.50 bits per heavy atom. The van der Waals surface area contributed by atoms with Crippen LogP contribution < -0.4 is 10.9 Å². The van der Waals surface area contributed by atoms with Gasteiger partial charge in [-0.2, -0.15) is 0 Å². The number of benzene rings is 2. The minimum absolute atomic E-state index is 0.00900. The second-order valence-electron chi connectivity index (χ2n) is 7.59. The molecule has 7 nitrogen and oxygen atoms in total. The minimum atomic E-state index is -0.379. The number of anilines is 1. The number of aromatic nitrogens is 2. The van der Waals surface area contributed by atoms with Crippen molar-refractivity contribution in [1.82, 2.24) is 14.3 Å². The Hall–Kier alpha value is -3.14. The summed E-state index contributed by atoms with van der Waals surface area (Å²) in [7, 11) is 1.75. The molecule has 4 rings (SSSR count). The maximum Gasteiger partial charge on any atom is 0.295 e. The van der Waals surface area contributed by atoms with Crippen LogP contribution in [0, 0.1) is 6.92 Å². The molecule has 2 heterocycles. The summed E-state index contributed by atoms with van der Waals surface area (Å²) in [5.41, 5.74) is 1.92. The first-order valence-electron chi connectivity index (χ1n) is 10.4. The average molecular weight is 513 g/mol. The third-order valence-corrected chi connectivity index (χ3v) is 7.17. The zero-order valence-corrected chi connectivity index (χ0v) is 20.8. The number of para-hydroxylation sites is 1. The average Bonchev–Trinajstić information content (AvgIpc) is 3.20. The summed E-state index contributed by atoms with van der Waals surface area (Å²) in [6, 6.07) is 16.4. The maximum absolute atomic E-state index is 13.0. The number of hydrogen-bond donors (Lipinski definition) is 1. The van der Waals surface area contributed by atoms with Crippen LogP contribution in [0.4, 0.5) is 5.69 Å². The fourth-order valence-corrected chi connectivity index (χ4v) is 5.04. The Bertz CT molecular complexity index is 1380. The molecule has 0 spiro atoms. The molecule has 1 N–H and O–H groups in total. The number of carbonyl (C=O) groups excluding carboxylic acids is 2. The first-order valence-corrected chi connectivity index (χ1v) is 12.0. The standard InChI is InChI=1S/C24H21ClN4O3S2/c1-15-21(23(32)29(27(15)2)17-9-4-3-5-10-17)26-20(30)12-13-28-22(31)19(34-24(28)33)14-16-8-6-7-11-18(16)25/h3-11,14H,12-13H2,1-2H3,(H,26,30)/b19-14+. The fourth-order valence-electron chi connectivity index (χ4n) is 3.55. The second kappa shape index (κ2) is 10.0. The van der Waals surface area contributed by atoms with E-state index in [2.05, 4.69) is 5.32 Å². The van der Waals surface area contributed by atoms with Crippen LogP contribution in [0.5, 0.6) is 0 Å². The third kappa shape index (κ3) is 4.72. The van der Waals surface area contributed by atoms with Gasteiger partial charge in [0.1, 0.15) is 10.0 Å². The first-order chi connectivity index (χ1) is 16.3. The molecule has 10 heteroatoms. The van der Waals surface area contributed by atoms with Crippen molar-refractivity contribution in [1.29, 1.82) is 0 Å². The molecular formula is C24H21ClN4O3S2. The van der Waals surface area contributed by atoms with Gasteiger partial charge in [-0.3, -0.25) is 24.0 Å². The summed E-state index contributed by atoms with van der Waals surface area (Å²) in [6.07, 6.45) is 1.69. The zero-order chi connectivity index (χ0) is 24.4. The monoisotopic (exact) mass is 512 g/mol. The Morgan fingerprint density at radius 1 is 1.12 bits per heavy atom. The molecule has 174 valence electrons. The van der Waals surface area contributed by atoms with E-state index < -0.39 is 0 Å². The molecule has 3 aromatic rings. The lowest BCUT2D eigenvalue weighted by atomic mass is 10.2. The summed E-state index contributed by atoms with van der Waals surface area (Å²) in [5.74, 6) is -0.653. The van der Waals surface area contributed by atoms with E-state index in [0.29, 0.717) is 25.6 Å². The first kappa shape index (κ1) is 24.0. The number of hydrogen-bond acceptors (Lipinski definition) is 5. The van der Waals surface area contributed by atoms with Crippen molar-refractivity contribution in [3.8, 4) is 5.69 Å². The molecular weight excluding hydrogens is 492 g/mol. The van der Waals surface area contributed by atoms with Gasteiger partial charge in [0.25, 0.3) is 11.5 Å². The summed E-state index contributed by atoms with van der Waals surface area (Å²) in [6.45, 7) is 1.87. The Morgan fingerprint density at radius 2 is 1.79 bits per heavy atom. The van der Waals surface area contributed by atoms with Crippen molar-refractivity contribution >= 4 is 63.5 Å². The van der Waals surface area contributed by atoms with Crippen molar-refractivity contribution in [3.63, 3.8) is 0 Å². The van der Waals surface area contributed by atoms with Crippen LogP contribution in [0.2, 0.25) is 5.02 Å². The molecule has 1 aliphatic rings. The van der Waals surface area contributed by atoms with E-state index in [4.69, 9.17) is 23.8 Å². The van der Waals surface area contributed by atoms with Crippen LogP contribution in [0.3, 0.4) is 0 Å². The lowest BCUT2D eigenvalue weighted by Gasteiger charge is -2.14. The van der Waals surface area contributed by atoms with Crippen LogP contribution in [-0.2, 0) is 16.6 Å².